The molecule has 0 aliphatic carbocycles. The van der Waals surface area contributed by atoms with Crippen molar-refractivity contribution in [3.8, 4) is 0 Å². The number of likely N-dealkylation sites (N-methyl/N-ethyl adjacent to an activating group) is 1. The maximum Gasteiger partial charge on any atom is 0.410 e. The van der Waals surface area contributed by atoms with Crippen LogP contribution in [-0.2, 0) is 4.74 Å². The first-order valence-corrected chi connectivity index (χ1v) is 7.64. The summed E-state index contributed by atoms with van der Waals surface area (Å²) in [6.45, 7) is 2.42. The Labute approximate surface area is 128 Å². The Hall–Kier alpha value is -2.31. The number of amides is 1. The minimum Gasteiger partial charge on any atom is -0.441 e. The predicted octanol–water partition coefficient (Wildman–Crippen LogP) is 1.77. The number of rotatable bonds is 1. The van der Waals surface area contributed by atoms with Crippen LogP contribution in [0.2, 0.25) is 0 Å². The zero-order valence-corrected chi connectivity index (χ0v) is 12.6. The summed E-state index contributed by atoms with van der Waals surface area (Å²) in [5.41, 5.74) is 1.57. The van der Waals surface area contributed by atoms with E-state index < -0.39 is 0 Å². The number of nitrogens with zero attached hydrogens (tertiary/aromatic N) is 4. The molecular formula is C15H19N5O2. The average molecular weight is 301 g/mol. The summed E-state index contributed by atoms with van der Waals surface area (Å²) in [5, 5.41) is 0. The van der Waals surface area contributed by atoms with Crippen LogP contribution in [0.5, 0.6) is 0 Å². The van der Waals surface area contributed by atoms with E-state index in [2.05, 4.69) is 19.9 Å². The van der Waals surface area contributed by atoms with E-state index in [1.165, 1.54) is 0 Å². The highest BCUT2D eigenvalue weighted by Gasteiger charge is 2.44. The third-order valence-electron chi connectivity index (χ3n) is 4.66. The summed E-state index contributed by atoms with van der Waals surface area (Å²) in [5.74, 6) is 0.935. The number of carbonyl (C=O) groups excluding carboxylic acids is 1. The molecule has 2 fully saturated rings. The van der Waals surface area contributed by atoms with Crippen molar-refractivity contribution in [2.24, 2.45) is 0 Å². The van der Waals surface area contributed by atoms with Crippen LogP contribution in [0.25, 0.3) is 11.0 Å². The van der Waals surface area contributed by atoms with Gasteiger partial charge in [-0.3, -0.25) is 0 Å². The van der Waals surface area contributed by atoms with E-state index in [4.69, 9.17) is 4.74 Å². The number of nitrogens with one attached hydrogen (secondary N) is 1. The topological polar surface area (TPSA) is 74.3 Å². The second-order valence-corrected chi connectivity index (χ2v) is 6.18. The fourth-order valence-electron chi connectivity index (χ4n) is 3.53. The zero-order chi connectivity index (χ0) is 15.2. The Morgan fingerprint density at radius 3 is 3.05 bits per heavy atom. The number of aromatic nitrogens is 3. The summed E-state index contributed by atoms with van der Waals surface area (Å²) in [6, 6.07) is 1.95. The number of fused-ring (bicyclic) bond motifs is 1. The molecule has 7 nitrogen and oxygen atoms in total. The van der Waals surface area contributed by atoms with Crippen LogP contribution in [0.1, 0.15) is 19.3 Å². The van der Waals surface area contributed by atoms with Crippen LogP contribution >= 0.6 is 0 Å². The van der Waals surface area contributed by atoms with E-state index in [0.29, 0.717) is 6.54 Å². The summed E-state index contributed by atoms with van der Waals surface area (Å²) in [6.07, 6.45) is 5.99. The number of hydrogen-bond donors (Lipinski definition) is 1. The standard InChI is InChI=1S/C15H19N5O2/c1-19-9-15(22-14(19)21)4-2-7-20(8-5-15)13-12-11(3-6-16-12)17-10-18-13/h3,6,10,16H,2,4-5,7-9H2,1H3. The van der Waals surface area contributed by atoms with Crippen molar-refractivity contribution in [1.29, 1.82) is 0 Å². The molecule has 0 saturated carbocycles. The Kier molecular flexibility index (Phi) is 2.95. The van der Waals surface area contributed by atoms with E-state index >= 15 is 0 Å². The fraction of sp³-hybridized carbons (Fsp3) is 0.533. The maximum absolute atomic E-state index is 11.7. The van der Waals surface area contributed by atoms with Gasteiger partial charge >= 0.3 is 6.09 Å². The lowest BCUT2D eigenvalue weighted by Gasteiger charge is -2.25. The molecule has 1 amide bonds. The first-order valence-electron chi connectivity index (χ1n) is 7.64. The molecule has 0 aromatic carbocycles. The lowest BCUT2D eigenvalue weighted by Crippen LogP contribution is -2.35. The normalized spacial score (nSPS) is 25.8. The van der Waals surface area contributed by atoms with Crippen LogP contribution in [0.4, 0.5) is 10.6 Å². The molecule has 1 spiro atoms. The second kappa shape index (κ2) is 4.86. The first-order chi connectivity index (χ1) is 10.7. The van der Waals surface area contributed by atoms with Gasteiger partial charge in [-0.05, 0) is 18.9 Å². The van der Waals surface area contributed by atoms with Gasteiger partial charge in [0.15, 0.2) is 5.82 Å². The van der Waals surface area contributed by atoms with Gasteiger partial charge in [-0.1, -0.05) is 0 Å². The predicted molar refractivity (Wildman–Crippen MR) is 81.8 cm³/mol. The van der Waals surface area contributed by atoms with Gasteiger partial charge in [-0.2, -0.15) is 0 Å². The molecule has 2 aromatic heterocycles. The van der Waals surface area contributed by atoms with Crippen LogP contribution in [0.3, 0.4) is 0 Å². The maximum atomic E-state index is 11.7. The second-order valence-electron chi connectivity index (χ2n) is 6.18. The molecule has 0 bridgehead atoms. The van der Waals surface area contributed by atoms with Gasteiger partial charge in [-0.25, -0.2) is 14.8 Å². The monoisotopic (exact) mass is 301 g/mol. The van der Waals surface area contributed by atoms with Gasteiger partial charge in [-0.15, -0.1) is 0 Å². The number of carbonyl (C=O) groups is 1. The van der Waals surface area contributed by atoms with Crippen LogP contribution in [0.15, 0.2) is 18.6 Å². The van der Waals surface area contributed by atoms with Crippen molar-refractivity contribution in [2.75, 3.05) is 31.6 Å². The van der Waals surface area contributed by atoms with Crippen LogP contribution in [0, 0.1) is 0 Å². The molecule has 22 heavy (non-hydrogen) atoms. The van der Waals surface area contributed by atoms with E-state index in [1.54, 1.807) is 18.3 Å². The third-order valence-corrected chi connectivity index (χ3v) is 4.66. The lowest BCUT2D eigenvalue weighted by molar-refractivity contribution is 0.0473. The molecule has 2 aromatic rings. The van der Waals surface area contributed by atoms with Crippen molar-refractivity contribution >= 4 is 22.9 Å². The summed E-state index contributed by atoms with van der Waals surface area (Å²) >= 11 is 0. The summed E-state index contributed by atoms with van der Waals surface area (Å²) < 4.78 is 5.66. The summed E-state index contributed by atoms with van der Waals surface area (Å²) in [7, 11) is 1.80. The molecular weight excluding hydrogens is 282 g/mol. The number of H-pyrrole nitrogens is 1. The Bertz CT molecular complexity index is 715. The molecule has 116 valence electrons. The molecule has 2 aliphatic rings. The van der Waals surface area contributed by atoms with Gasteiger partial charge < -0.3 is 19.5 Å². The van der Waals surface area contributed by atoms with E-state index in [-0.39, 0.29) is 11.7 Å². The van der Waals surface area contributed by atoms with Crippen molar-refractivity contribution in [3.05, 3.63) is 18.6 Å². The highest BCUT2D eigenvalue weighted by atomic mass is 16.6. The summed E-state index contributed by atoms with van der Waals surface area (Å²) in [4.78, 5) is 27.6. The fourth-order valence-corrected chi connectivity index (χ4v) is 3.53. The lowest BCUT2D eigenvalue weighted by atomic mass is 9.95. The van der Waals surface area contributed by atoms with E-state index in [1.807, 2.05) is 12.3 Å². The molecule has 2 saturated heterocycles. The van der Waals surface area contributed by atoms with Crippen LogP contribution < -0.4 is 4.90 Å². The quantitative estimate of drug-likeness (QED) is 0.869. The Morgan fingerprint density at radius 2 is 2.23 bits per heavy atom. The number of aromatic amines is 1. The number of hydrogen-bond acceptors (Lipinski definition) is 5. The SMILES string of the molecule is CN1CC2(CCCN(c3ncnc4cc[nH]c34)CC2)OC1=O. The molecule has 1 unspecified atom stereocenters. The molecule has 1 atom stereocenters. The Balaban J connectivity index is 1.59. The minimum absolute atomic E-state index is 0.206. The Morgan fingerprint density at radius 1 is 1.32 bits per heavy atom. The molecule has 1 N–H and O–H groups in total. The molecule has 0 radical (unpaired) electrons. The number of ether oxygens (including phenoxy) is 1. The van der Waals surface area contributed by atoms with Crippen molar-refractivity contribution in [1.82, 2.24) is 19.9 Å². The largest absolute Gasteiger partial charge is 0.441 e. The molecule has 4 rings (SSSR count). The first kappa shape index (κ1) is 13.4. The highest BCUT2D eigenvalue weighted by Crippen LogP contribution is 2.34. The highest BCUT2D eigenvalue weighted by molar-refractivity contribution is 5.85. The van der Waals surface area contributed by atoms with Gasteiger partial charge in [0, 0.05) is 32.8 Å². The van der Waals surface area contributed by atoms with Crippen molar-refractivity contribution in [3.63, 3.8) is 0 Å². The van der Waals surface area contributed by atoms with Crippen molar-refractivity contribution < 1.29 is 9.53 Å². The van der Waals surface area contributed by atoms with E-state index in [9.17, 15) is 4.79 Å². The van der Waals surface area contributed by atoms with Gasteiger partial charge in [0.1, 0.15) is 17.4 Å². The van der Waals surface area contributed by atoms with E-state index in [0.717, 1.165) is 49.2 Å². The van der Waals surface area contributed by atoms with Gasteiger partial charge in [0.2, 0.25) is 0 Å². The molecule has 7 heteroatoms. The average Bonchev–Trinajstić information content (AvgIpc) is 3.02. The minimum atomic E-state index is -0.331. The third kappa shape index (κ3) is 2.08. The number of anilines is 1. The van der Waals surface area contributed by atoms with Crippen molar-refractivity contribution in [2.45, 2.75) is 24.9 Å². The molecule has 4 heterocycles. The van der Waals surface area contributed by atoms with Crippen LogP contribution in [-0.4, -0.2) is 58.2 Å². The zero-order valence-electron chi connectivity index (χ0n) is 12.6. The smallest absolute Gasteiger partial charge is 0.410 e. The molecule has 2 aliphatic heterocycles. The van der Waals surface area contributed by atoms with Gasteiger partial charge in [0.25, 0.3) is 0 Å². The van der Waals surface area contributed by atoms with Gasteiger partial charge in [0.05, 0.1) is 12.1 Å².